The zero-order valence-electron chi connectivity index (χ0n) is 6.59. The normalized spacial score (nSPS) is 8.00. The third-order valence-electron chi connectivity index (χ3n) is 1.34. The summed E-state index contributed by atoms with van der Waals surface area (Å²) in [5.74, 6) is 0. The largest absolute Gasteiger partial charge is 1.00 e. The second-order valence-electron chi connectivity index (χ2n) is 1.62. The number of rotatable bonds is 3. The SMILES string of the molecule is CCN(CC)CC.[OH-].[Tl+]. The van der Waals surface area contributed by atoms with Gasteiger partial charge in [-0.2, -0.15) is 0 Å². The smallest absolute Gasteiger partial charge is 0.870 e. The van der Waals surface area contributed by atoms with Crippen molar-refractivity contribution in [1.82, 2.24) is 4.90 Å². The first kappa shape index (κ1) is 16.4. The molecule has 0 radical (unpaired) electrons. The molecule has 0 aromatic rings. The van der Waals surface area contributed by atoms with Crippen LogP contribution in [0, 0.1) is 0 Å². The molecule has 2 nitrogen and oxygen atoms in total. The molecule has 0 saturated carbocycles. The topological polar surface area (TPSA) is 33.2 Å². The van der Waals surface area contributed by atoms with Gasteiger partial charge in [-0.3, -0.25) is 0 Å². The molecular weight excluding hydrogens is 306 g/mol. The number of hydrogen-bond donors (Lipinski definition) is 0. The zero-order valence-corrected chi connectivity index (χ0v) is 11.1. The van der Waals surface area contributed by atoms with Crippen LogP contribution in [0.15, 0.2) is 0 Å². The molecule has 0 amide bonds. The first-order valence-electron chi connectivity index (χ1n) is 3.07. The predicted octanol–water partition coefficient (Wildman–Crippen LogP) is 0.790. The van der Waals surface area contributed by atoms with E-state index in [1.54, 1.807) is 0 Å². The zero-order chi connectivity index (χ0) is 5.70. The van der Waals surface area contributed by atoms with Gasteiger partial charge in [0.2, 0.25) is 0 Å². The van der Waals surface area contributed by atoms with Crippen LogP contribution in [-0.2, 0) is 0 Å². The summed E-state index contributed by atoms with van der Waals surface area (Å²) in [5.41, 5.74) is 0. The summed E-state index contributed by atoms with van der Waals surface area (Å²) in [5, 5.41) is 0. The van der Waals surface area contributed by atoms with Gasteiger partial charge < -0.3 is 10.4 Å². The maximum Gasteiger partial charge on any atom is 1.00 e. The summed E-state index contributed by atoms with van der Waals surface area (Å²) in [6.45, 7) is 10.1. The third-order valence-corrected chi connectivity index (χ3v) is 1.34. The van der Waals surface area contributed by atoms with E-state index >= 15 is 0 Å². The standard InChI is InChI=1S/C6H15N.H2O.Tl/c1-4-7(5-2)6-3;;/h4-6H2,1-3H3;1H2;/q;;+1/p-1. The average Bonchev–Trinajstić information content (AvgIpc) is 1.72. The molecule has 0 aliphatic heterocycles. The van der Waals surface area contributed by atoms with E-state index in [-0.39, 0.29) is 32.8 Å². The molecule has 0 heterocycles. The Hall–Kier alpha value is 0.842. The Morgan fingerprint density at radius 2 is 1.11 bits per heavy atom. The minimum absolute atomic E-state index is 0. The van der Waals surface area contributed by atoms with Crippen LogP contribution < -0.4 is 0 Å². The monoisotopic (exact) mass is 323 g/mol. The second-order valence-corrected chi connectivity index (χ2v) is 1.62. The molecule has 0 aromatic carbocycles. The summed E-state index contributed by atoms with van der Waals surface area (Å²) in [7, 11) is 0. The fraction of sp³-hybridized carbons (Fsp3) is 1.00. The van der Waals surface area contributed by atoms with Crippen molar-refractivity contribution in [3.63, 3.8) is 0 Å². The molecule has 0 saturated heterocycles. The van der Waals surface area contributed by atoms with Crippen molar-refractivity contribution >= 4 is 27.3 Å². The van der Waals surface area contributed by atoms with Gasteiger partial charge in [0, 0.05) is 0 Å². The van der Waals surface area contributed by atoms with Crippen molar-refractivity contribution < 1.29 is 5.48 Å². The van der Waals surface area contributed by atoms with Crippen molar-refractivity contribution in [1.29, 1.82) is 0 Å². The van der Waals surface area contributed by atoms with E-state index in [0.29, 0.717) is 0 Å². The summed E-state index contributed by atoms with van der Waals surface area (Å²) in [6.07, 6.45) is 0. The van der Waals surface area contributed by atoms with E-state index in [9.17, 15) is 0 Å². The first-order chi connectivity index (χ1) is 3.35. The minimum Gasteiger partial charge on any atom is -0.870 e. The van der Waals surface area contributed by atoms with Gasteiger partial charge in [0.25, 0.3) is 0 Å². The van der Waals surface area contributed by atoms with Crippen molar-refractivity contribution in [2.75, 3.05) is 19.6 Å². The molecule has 0 spiro atoms. The van der Waals surface area contributed by atoms with Crippen molar-refractivity contribution in [2.45, 2.75) is 20.8 Å². The van der Waals surface area contributed by atoms with Crippen molar-refractivity contribution in [2.24, 2.45) is 0 Å². The summed E-state index contributed by atoms with van der Waals surface area (Å²) < 4.78 is 0. The molecular formula is C6H16NOTl. The van der Waals surface area contributed by atoms with Crippen LogP contribution in [0.25, 0.3) is 0 Å². The predicted molar refractivity (Wildman–Crippen MR) is 41.2 cm³/mol. The van der Waals surface area contributed by atoms with E-state index < -0.39 is 0 Å². The molecule has 0 unspecified atom stereocenters. The van der Waals surface area contributed by atoms with E-state index in [0.717, 1.165) is 0 Å². The Morgan fingerprint density at radius 3 is 1.11 bits per heavy atom. The Balaban J connectivity index is -0.000000180. The summed E-state index contributed by atoms with van der Waals surface area (Å²) in [4.78, 5) is 2.38. The fourth-order valence-corrected chi connectivity index (χ4v) is 0.671. The third kappa shape index (κ3) is 8.84. The fourth-order valence-electron chi connectivity index (χ4n) is 0.671. The molecule has 0 fully saturated rings. The molecule has 9 heavy (non-hydrogen) atoms. The van der Waals surface area contributed by atoms with Gasteiger partial charge in [0.15, 0.2) is 0 Å². The molecule has 0 atom stereocenters. The average molecular weight is 323 g/mol. The summed E-state index contributed by atoms with van der Waals surface area (Å²) in [6, 6.07) is 0. The molecule has 0 bridgehead atoms. The van der Waals surface area contributed by atoms with Crippen LogP contribution in [0.3, 0.4) is 0 Å². The van der Waals surface area contributed by atoms with Crippen molar-refractivity contribution in [3.05, 3.63) is 0 Å². The van der Waals surface area contributed by atoms with E-state index in [1.807, 2.05) is 0 Å². The van der Waals surface area contributed by atoms with Gasteiger partial charge in [-0.25, -0.2) is 0 Å². The Bertz CT molecular complexity index is 34.5. The molecule has 3 heteroatoms. The Morgan fingerprint density at radius 1 is 0.889 bits per heavy atom. The van der Waals surface area contributed by atoms with Crippen molar-refractivity contribution in [3.8, 4) is 0 Å². The van der Waals surface area contributed by atoms with Gasteiger partial charge >= 0.3 is 27.3 Å². The van der Waals surface area contributed by atoms with Gasteiger partial charge in [0.1, 0.15) is 0 Å². The maximum atomic E-state index is 2.38. The van der Waals surface area contributed by atoms with E-state index in [4.69, 9.17) is 0 Å². The van der Waals surface area contributed by atoms with Gasteiger partial charge in [-0.05, 0) is 19.6 Å². The summed E-state index contributed by atoms with van der Waals surface area (Å²) >= 11 is 0. The quantitative estimate of drug-likeness (QED) is 0.720. The molecule has 0 aliphatic carbocycles. The number of hydrogen-bond acceptors (Lipinski definition) is 2. The molecule has 0 rings (SSSR count). The van der Waals surface area contributed by atoms with Gasteiger partial charge in [-0.15, -0.1) is 0 Å². The first-order valence-corrected chi connectivity index (χ1v) is 3.07. The van der Waals surface area contributed by atoms with Crippen LogP contribution in [-0.4, -0.2) is 57.3 Å². The van der Waals surface area contributed by atoms with Crippen LogP contribution in [0.4, 0.5) is 0 Å². The number of nitrogens with zero attached hydrogens (tertiary/aromatic N) is 1. The molecule has 0 aliphatic rings. The van der Waals surface area contributed by atoms with Crippen LogP contribution in [0.1, 0.15) is 20.8 Å². The van der Waals surface area contributed by atoms with E-state index in [1.165, 1.54) is 19.6 Å². The Labute approximate surface area is 78.1 Å². The molecule has 54 valence electrons. The van der Waals surface area contributed by atoms with Gasteiger partial charge in [-0.1, -0.05) is 20.8 Å². The van der Waals surface area contributed by atoms with Gasteiger partial charge in [0.05, 0.1) is 0 Å². The van der Waals surface area contributed by atoms with Crippen LogP contribution >= 0.6 is 0 Å². The molecule has 0 aromatic heterocycles. The van der Waals surface area contributed by atoms with Crippen LogP contribution in [0.5, 0.6) is 0 Å². The van der Waals surface area contributed by atoms with Crippen LogP contribution in [0.2, 0.25) is 0 Å². The molecule has 1 N–H and O–H groups in total. The second kappa shape index (κ2) is 11.6. The van der Waals surface area contributed by atoms with E-state index in [2.05, 4.69) is 25.7 Å². The maximum absolute atomic E-state index is 2.38. The minimum atomic E-state index is 0. The Kier molecular flexibility index (Phi) is 21.2.